The van der Waals surface area contributed by atoms with Crippen molar-refractivity contribution >= 4 is 40.7 Å². The highest BCUT2D eigenvalue weighted by molar-refractivity contribution is 6.31. The second-order valence-corrected chi connectivity index (χ2v) is 9.28. The summed E-state index contributed by atoms with van der Waals surface area (Å²) < 4.78 is 0. The molecule has 35 heavy (non-hydrogen) atoms. The second kappa shape index (κ2) is 10.4. The van der Waals surface area contributed by atoms with Gasteiger partial charge < -0.3 is 20.9 Å². The van der Waals surface area contributed by atoms with E-state index in [9.17, 15) is 9.59 Å². The first-order valence-electron chi connectivity index (χ1n) is 11.9. The van der Waals surface area contributed by atoms with Gasteiger partial charge in [0.05, 0.1) is 17.8 Å². The van der Waals surface area contributed by atoms with Crippen molar-refractivity contribution < 1.29 is 9.59 Å². The van der Waals surface area contributed by atoms with Crippen molar-refractivity contribution in [2.75, 3.05) is 36.8 Å². The fourth-order valence-electron chi connectivity index (χ4n) is 4.47. The zero-order valence-electron chi connectivity index (χ0n) is 19.3. The van der Waals surface area contributed by atoms with Crippen molar-refractivity contribution in [1.29, 1.82) is 0 Å². The van der Waals surface area contributed by atoms with Crippen LogP contribution in [0.25, 0.3) is 11.3 Å². The number of benzene rings is 2. The molecule has 1 saturated heterocycles. The highest BCUT2D eigenvalue weighted by Gasteiger charge is 2.21. The minimum atomic E-state index is -0.138. The van der Waals surface area contributed by atoms with E-state index in [-0.39, 0.29) is 18.2 Å². The molecule has 5 rings (SSSR count). The van der Waals surface area contributed by atoms with E-state index in [1.807, 2.05) is 18.2 Å². The summed E-state index contributed by atoms with van der Waals surface area (Å²) in [5.74, 6) is 0.182. The molecule has 0 unspecified atom stereocenters. The van der Waals surface area contributed by atoms with E-state index in [1.54, 1.807) is 30.5 Å². The van der Waals surface area contributed by atoms with Crippen LogP contribution >= 0.6 is 11.6 Å². The van der Waals surface area contributed by atoms with Crippen LogP contribution in [0, 0.1) is 0 Å². The Hall–Kier alpha value is -3.49. The monoisotopic (exact) mass is 490 g/mol. The van der Waals surface area contributed by atoms with Gasteiger partial charge in [0.15, 0.2) is 0 Å². The Labute approximate surface area is 209 Å². The number of carbonyl (C=O) groups excluding carboxylic acids is 2. The lowest BCUT2D eigenvalue weighted by atomic mass is 10.1. The Morgan fingerprint density at radius 2 is 1.89 bits per heavy atom. The number of carbonyl (C=O) groups is 2. The van der Waals surface area contributed by atoms with Gasteiger partial charge in [-0.2, -0.15) is 0 Å². The van der Waals surface area contributed by atoms with Crippen molar-refractivity contribution in [3.05, 3.63) is 64.8 Å². The SMILES string of the molecule is O=C1Cc2cnc(Nc3ccc(C(=O)NCCN4CCCCC4)cc3)nc2-c2ccc(Cl)cc2N1. The van der Waals surface area contributed by atoms with Gasteiger partial charge in [0.25, 0.3) is 5.91 Å². The molecular formula is C26H27ClN6O2. The zero-order valence-corrected chi connectivity index (χ0v) is 20.1. The summed E-state index contributed by atoms with van der Waals surface area (Å²) in [7, 11) is 0. The Morgan fingerprint density at radius 1 is 1.09 bits per heavy atom. The number of aromatic nitrogens is 2. The molecule has 0 saturated carbocycles. The minimum Gasteiger partial charge on any atom is -0.351 e. The van der Waals surface area contributed by atoms with Gasteiger partial charge in [0.2, 0.25) is 11.9 Å². The number of halogens is 1. The van der Waals surface area contributed by atoms with Gasteiger partial charge in [-0.25, -0.2) is 9.97 Å². The summed E-state index contributed by atoms with van der Waals surface area (Å²) in [4.78, 5) is 36.2. The fraction of sp³-hybridized carbons (Fsp3) is 0.308. The number of fused-ring (bicyclic) bond motifs is 3. The van der Waals surface area contributed by atoms with Crippen LogP contribution < -0.4 is 16.0 Å². The standard InChI is InChI=1S/C26H27ClN6O2/c27-19-6-9-21-22(15-19)31-23(34)14-18-16-29-26(32-24(18)21)30-20-7-4-17(5-8-20)25(35)28-10-13-33-11-2-1-3-12-33/h4-9,15-16H,1-3,10-14H2,(H,28,35)(H,31,34)(H,29,30,32). The minimum absolute atomic E-state index is 0.0812. The molecule has 3 heterocycles. The maximum Gasteiger partial charge on any atom is 0.251 e. The molecule has 1 fully saturated rings. The van der Waals surface area contributed by atoms with E-state index in [0.29, 0.717) is 34.5 Å². The number of anilines is 3. The van der Waals surface area contributed by atoms with Crippen LogP contribution in [0.2, 0.25) is 5.02 Å². The van der Waals surface area contributed by atoms with Crippen molar-refractivity contribution in [2.24, 2.45) is 0 Å². The lowest BCUT2D eigenvalue weighted by Crippen LogP contribution is -2.37. The topological polar surface area (TPSA) is 99.2 Å². The Balaban J connectivity index is 1.25. The zero-order chi connectivity index (χ0) is 24.2. The first kappa shape index (κ1) is 23.3. The molecule has 3 N–H and O–H groups in total. The number of likely N-dealkylation sites (tertiary alicyclic amines) is 1. The molecule has 2 aromatic carbocycles. The Kier molecular flexibility index (Phi) is 6.92. The van der Waals surface area contributed by atoms with E-state index in [1.165, 1.54) is 19.3 Å². The number of hydrogen-bond acceptors (Lipinski definition) is 6. The van der Waals surface area contributed by atoms with Crippen molar-refractivity contribution in [2.45, 2.75) is 25.7 Å². The van der Waals surface area contributed by atoms with Crippen molar-refractivity contribution in [3.8, 4) is 11.3 Å². The normalized spacial score (nSPS) is 15.4. The molecule has 180 valence electrons. The average Bonchev–Trinajstić information content (AvgIpc) is 2.99. The summed E-state index contributed by atoms with van der Waals surface area (Å²) >= 11 is 6.11. The molecule has 0 aliphatic carbocycles. The smallest absolute Gasteiger partial charge is 0.251 e. The molecule has 0 spiro atoms. The van der Waals surface area contributed by atoms with Gasteiger partial charge in [-0.3, -0.25) is 9.59 Å². The van der Waals surface area contributed by atoms with E-state index >= 15 is 0 Å². The van der Waals surface area contributed by atoms with Crippen molar-refractivity contribution in [1.82, 2.24) is 20.2 Å². The number of nitrogens with one attached hydrogen (secondary N) is 3. The van der Waals surface area contributed by atoms with Crippen LogP contribution in [-0.2, 0) is 11.2 Å². The van der Waals surface area contributed by atoms with Gasteiger partial charge in [0, 0.05) is 46.7 Å². The first-order chi connectivity index (χ1) is 17.0. The highest BCUT2D eigenvalue weighted by Crippen LogP contribution is 2.34. The lowest BCUT2D eigenvalue weighted by molar-refractivity contribution is -0.115. The van der Waals surface area contributed by atoms with Crippen LogP contribution in [0.3, 0.4) is 0 Å². The molecule has 1 aromatic heterocycles. The second-order valence-electron chi connectivity index (χ2n) is 8.84. The largest absolute Gasteiger partial charge is 0.351 e. The molecule has 8 nitrogen and oxygen atoms in total. The van der Waals surface area contributed by atoms with Crippen LogP contribution in [0.4, 0.5) is 17.3 Å². The predicted octanol–water partition coefficient (Wildman–Crippen LogP) is 4.25. The van der Waals surface area contributed by atoms with Gasteiger partial charge in [0.1, 0.15) is 0 Å². The summed E-state index contributed by atoms with van der Waals surface area (Å²) in [5.41, 5.74) is 4.20. The highest BCUT2D eigenvalue weighted by atomic mass is 35.5. The van der Waals surface area contributed by atoms with Gasteiger partial charge in [-0.15, -0.1) is 0 Å². The van der Waals surface area contributed by atoms with Gasteiger partial charge in [-0.05, 0) is 68.4 Å². The number of rotatable bonds is 6. The third kappa shape index (κ3) is 5.61. The van der Waals surface area contributed by atoms with E-state index in [2.05, 4.69) is 30.8 Å². The molecule has 2 aliphatic heterocycles. The number of hydrogen-bond donors (Lipinski definition) is 3. The van der Waals surface area contributed by atoms with Gasteiger partial charge in [-0.1, -0.05) is 18.0 Å². The molecule has 2 aliphatic rings. The van der Waals surface area contributed by atoms with Crippen LogP contribution in [0.15, 0.2) is 48.7 Å². The predicted molar refractivity (Wildman–Crippen MR) is 137 cm³/mol. The number of nitrogens with zero attached hydrogens (tertiary/aromatic N) is 3. The third-order valence-electron chi connectivity index (χ3n) is 6.29. The summed E-state index contributed by atoms with van der Waals surface area (Å²) in [6.45, 7) is 3.77. The van der Waals surface area contributed by atoms with Crippen LogP contribution in [0.1, 0.15) is 35.2 Å². The molecule has 0 bridgehead atoms. The molecule has 0 atom stereocenters. The quantitative estimate of drug-likeness (QED) is 0.477. The lowest BCUT2D eigenvalue weighted by Gasteiger charge is -2.26. The Morgan fingerprint density at radius 3 is 2.69 bits per heavy atom. The fourth-order valence-corrected chi connectivity index (χ4v) is 4.64. The van der Waals surface area contributed by atoms with E-state index < -0.39 is 0 Å². The van der Waals surface area contributed by atoms with E-state index in [4.69, 9.17) is 11.6 Å². The number of piperidine rings is 1. The molecule has 0 radical (unpaired) electrons. The van der Waals surface area contributed by atoms with Crippen LogP contribution in [-0.4, -0.2) is 52.9 Å². The molecule has 3 aromatic rings. The first-order valence-corrected chi connectivity index (χ1v) is 12.3. The van der Waals surface area contributed by atoms with Crippen LogP contribution in [0.5, 0.6) is 0 Å². The summed E-state index contributed by atoms with van der Waals surface area (Å²) in [6, 6.07) is 12.5. The maximum absolute atomic E-state index is 12.5. The van der Waals surface area contributed by atoms with Crippen molar-refractivity contribution in [3.63, 3.8) is 0 Å². The molecule has 9 heteroatoms. The molecular weight excluding hydrogens is 464 g/mol. The summed E-state index contributed by atoms with van der Waals surface area (Å²) in [5, 5.41) is 9.61. The average molecular weight is 491 g/mol. The third-order valence-corrected chi connectivity index (χ3v) is 6.53. The number of amides is 2. The molecule has 2 amide bonds. The maximum atomic E-state index is 12.5. The Bertz CT molecular complexity index is 1240. The summed E-state index contributed by atoms with van der Waals surface area (Å²) in [6.07, 6.45) is 5.64. The van der Waals surface area contributed by atoms with Gasteiger partial charge >= 0.3 is 0 Å². The van der Waals surface area contributed by atoms with E-state index in [0.717, 1.165) is 36.4 Å².